The van der Waals surface area contributed by atoms with Crippen molar-refractivity contribution in [3.63, 3.8) is 0 Å². The van der Waals surface area contributed by atoms with Crippen molar-refractivity contribution in [1.29, 1.82) is 0 Å². The Bertz CT molecular complexity index is 248. The number of esters is 1. The molecule has 1 rings (SSSR count). The third kappa shape index (κ3) is 3.48. The second kappa shape index (κ2) is 6.48. The molecule has 0 unspecified atom stereocenters. The second-order valence-electron chi connectivity index (χ2n) is 4.10. The number of aliphatic hydroxyl groups is 1. The summed E-state index contributed by atoms with van der Waals surface area (Å²) in [5.41, 5.74) is 0. The molecule has 0 radical (unpaired) electrons. The molecule has 92 valence electrons. The molecular formula is C11H19NO4. The monoisotopic (exact) mass is 229 g/mol. The first-order chi connectivity index (χ1) is 7.69. The van der Waals surface area contributed by atoms with Gasteiger partial charge in [-0.3, -0.25) is 4.79 Å². The summed E-state index contributed by atoms with van der Waals surface area (Å²) in [6.07, 6.45) is 5.01. The number of nitrogens with one attached hydrogen (secondary N) is 1. The van der Waals surface area contributed by atoms with Crippen LogP contribution in [0.5, 0.6) is 0 Å². The van der Waals surface area contributed by atoms with E-state index >= 15 is 0 Å². The zero-order valence-corrected chi connectivity index (χ0v) is 9.57. The van der Waals surface area contributed by atoms with Crippen LogP contribution in [0.25, 0.3) is 0 Å². The number of methoxy groups -OCH3 is 1. The number of carbonyl (C=O) groups is 2. The first kappa shape index (κ1) is 13.0. The minimum Gasteiger partial charge on any atom is -0.467 e. The number of hydrogen-bond acceptors (Lipinski definition) is 4. The highest BCUT2D eigenvalue weighted by molar-refractivity contribution is 5.85. The molecular weight excluding hydrogens is 210 g/mol. The fourth-order valence-corrected chi connectivity index (χ4v) is 1.98. The average Bonchev–Trinajstić information content (AvgIpc) is 2.35. The molecule has 0 spiro atoms. The van der Waals surface area contributed by atoms with Gasteiger partial charge < -0.3 is 15.2 Å². The van der Waals surface area contributed by atoms with Crippen LogP contribution in [-0.4, -0.2) is 36.7 Å². The number of amides is 1. The van der Waals surface area contributed by atoms with Crippen LogP contribution in [0.15, 0.2) is 0 Å². The van der Waals surface area contributed by atoms with Gasteiger partial charge in [0.2, 0.25) is 5.91 Å². The van der Waals surface area contributed by atoms with E-state index in [0.29, 0.717) is 0 Å². The van der Waals surface area contributed by atoms with Crippen LogP contribution in [0, 0.1) is 5.92 Å². The first-order valence-electron chi connectivity index (χ1n) is 5.68. The van der Waals surface area contributed by atoms with E-state index in [-0.39, 0.29) is 11.8 Å². The van der Waals surface area contributed by atoms with E-state index in [0.717, 1.165) is 25.7 Å². The van der Waals surface area contributed by atoms with E-state index in [1.165, 1.54) is 13.5 Å². The van der Waals surface area contributed by atoms with Crippen LogP contribution in [-0.2, 0) is 14.3 Å². The Morgan fingerprint density at radius 3 is 2.50 bits per heavy atom. The number of carbonyl (C=O) groups excluding carboxylic acids is 2. The van der Waals surface area contributed by atoms with Crippen molar-refractivity contribution in [3.8, 4) is 0 Å². The highest BCUT2D eigenvalue weighted by Crippen LogP contribution is 2.23. The summed E-state index contributed by atoms with van der Waals surface area (Å²) in [6, 6.07) is -0.931. The van der Waals surface area contributed by atoms with Crippen LogP contribution in [0.4, 0.5) is 0 Å². The zero-order chi connectivity index (χ0) is 12.0. The van der Waals surface area contributed by atoms with Crippen molar-refractivity contribution in [2.24, 2.45) is 5.92 Å². The van der Waals surface area contributed by atoms with Crippen molar-refractivity contribution < 1.29 is 19.4 Å². The van der Waals surface area contributed by atoms with Gasteiger partial charge in [0.25, 0.3) is 0 Å². The highest BCUT2D eigenvalue weighted by atomic mass is 16.5. The smallest absolute Gasteiger partial charge is 0.330 e. The van der Waals surface area contributed by atoms with Gasteiger partial charge in [-0.2, -0.15) is 0 Å². The molecule has 1 aliphatic carbocycles. The van der Waals surface area contributed by atoms with E-state index < -0.39 is 18.6 Å². The topological polar surface area (TPSA) is 75.6 Å². The van der Waals surface area contributed by atoms with Crippen molar-refractivity contribution in [3.05, 3.63) is 0 Å². The third-order valence-electron chi connectivity index (χ3n) is 2.96. The molecule has 0 aromatic heterocycles. The number of ether oxygens (including phenoxy) is 1. The lowest BCUT2D eigenvalue weighted by atomic mass is 9.88. The Balaban J connectivity index is 2.44. The average molecular weight is 229 g/mol. The molecule has 5 heteroatoms. The minimum absolute atomic E-state index is 0.0209. The van der Waals surface area contributed by atoms with Gasteiger partial charge in [-0.1, -0.05) is 19.3 Å². The molecule has 2 N–H and O–H groups in total. The SMILES string of the molecule is COC(=O)[C@@H](CO)NC(=O)C1CCCCC1. The zero-order valence-electron chi connectivity index (χ0n) is 9.57. The van der Waals surface area contributed by atoms with Gasteiger partial charge in [-0.15, -0.1) is 0 Å². The lowest BCUT2D eigenvalue weighted by Gasteiger charge is -2.22. The van der Waals surface area contributed by atoms with Gasteiger partial charge in [-0.05, 0) is 12.8 Å². The van der Waals surface area contributed by atoms with Crippen molar-refractivity contribution in [2.75, 3.05) is 13.7 Å². The van der Waals surface area contributed by atoms with Crippen molar-refractivity contribution in [1.82, 2.24) is 5.32 Å². The molecule has 1 amide bonds. The van der Waals surface area contributed by atoms with Crippen molar-refractivity contribution in [2.45, 2.75) is 38.1 Å². The van der Waals surface area contributed by atoms with Gasteiger partial charge in [0.15, 0.2) is 6.04 Å². The quantitative estimate of drug-likeness (QED) is 0.676. The Labute approximate surface area is 95.2 Å². The van der Waals surface area contributed by atoms with Crippen LogP contribution < -0.4 is 5.32 Å². The predicted octanol–water partition coefficient (Wildman–Crippen LogP) is 0.217. The Morgan fingerprint density at radius 1 is 1.38 bits per heavy atom. The molecule has 0 aromatic carbocycles. The molecule has 0 bridgehead atoms. The number of hydrogen-bond donors (Lipinski definition) is 2. The van der Waals surface area contributed by atoms with Crippen LogP contribution in [0.3, 0.4) is 0 Å². The largest absolute Gasteiger partial charge is 0.467 e. The first-order valence-corrected chi connectivity index (χ1v) is 5.68. The normalized spacial score (nSPS) is 18.9. The maximum atomic E-state index is 11.8. The molecule has 1 saturated carbocycles. The van der Waals surface area contributed by atoms with Gasteiger partial charge >= 0.3 is 5.97 Å². The molecule has 16 heavy (non-hydrogen) atoms. The maximum absolute atomic E-state index is 11.8. The highest BCUT2D eigenvalue weighted by Gasteiger charge is 2.26. The van der Waals surface area contributed by atoms with E-state index in [1.54, 1.807) is 0 Å². The van der Waals surface area contributed by atoms with E-state index in [2.05, 4.69) is 10.1 Å². The fraction of sp³-hybridized carbons (Fsp3) is 0.818. The lowest BCUT2D eigenvalue weighted by Crippen LogP contribution is -2.46. The summed E-state index contributed by atoms with van der Waals surface area (Å²) in [7, 11) is 1.23. The summed E-state index contributed by atoms with van der Waals surface area (Å²) in [4.78, 5) is 22.9. The molecule has 1 fully saturated rings. The van der Waals surface area contributed by atoms with E-state index in [1.807, 2.05) is 0 Å². The van der Waals surface area contributed by atoms with Crippen LogP contribution in [0.1, 0.15) is 32.1 Å². The third-order valence-corrected chi connectivity index (χ3v) is 2.96. The summed E-state index contributed by atoms with van der Waals surface area (Å²) < 4.78 is 4.48. The van der Waals surface area contributed by atoms with Crippen LogP contribution >= 0.6 is 0 Å². The van der Waals surface area contributed by atoms with E-state index in [4.69, 9.17) is 5.11 Å². The second-order valence-corrected chi connectivity index (χ2v) is 4.10. The maximum Gasteiger partial charge on any atom is 0.330 e. The Hall–Kier alpha value is -1.10. The summed E-state index contributed by atoms with van der Waals surface area (Å²) >= 11 is 0. The standard InChI is InChI=1S/C11H19NO4/c1-16-11(15)9(7-13)12-10(14)8-5-3-2-4-6-8/h8-9,13H,2-7H2,1H3,(H,12,14)/t9-/m1/s1. The van der Waals surface area contributed by atoms with Gasteiger partial charge in [0.1, 0.15) is 0 Å². The van der Waals surface area contributed by atoms with Gasteiger partial charge in [-0.25, -0.2) is 4.79 Å². The van der Waals surface area contributed by atoms with Crippen LogP contribution in [0.2, 0.25) is 0 Å². The van der Waals surface area contributed by atoms with Gasteiger partial charge in [0.05, 0.1) is 13.7 Å². The molecule has 1 aliphatic rings. The van der Waals surface area contributed by atoms with Crippen molar-refractivity contribution >= 4 is 11.9 Å². The number of rotatable bonds is 4. The lowest BCUT2D eigenvalue weighted by molar-refractivity contribution is -0.146. The molecule has 0 heterocycles. The summed E-state index contributed by atoms with van der Waals surface area (Å²) in [5, 5.41) is 11.5. The fourth-order valence-electron chi connectivity index (χ4n) is 1.98. The number of aliphatic hydroxyl groups excluding tert-OH is 1. The molecule has 0 saturated heterocycles. The predicted molar refractivity (Wildman–Crippen MR) is 57.6 cm³/mol. The van der Waals surface area contributed by atoms with E-state index in [9.17, 15) is 9.59 Å². The molecule has 0 aliphatic heterocycles. The van der Waals surface area contributed by atoms with Gasteiger partial charge in [0, 0.05) is 5.92 Å². The minimum atomic E-state index is -0.931. The summed E-state index contributed by atoms with van der Waals surface area (Å²) in [5.74, 6) is -0.775. The molecule has 0 aromatic rings. The molecule has 1 atom stereocenters. The Morgan fingerprint density at radius 2 is 2.00 bits per heavy atom. The Kier molecular flexibility index (Phi) is 5.25. The molecule has 5 nitrogen and oxygen atoms in total. The summed E-state index contributed by atoms with van der Waals surface area (Å²) in [6.45, 7) is -0.425.